The van der Waals surface area contributed by atoms with Gasteiger partial charge in [0.05, 0.1) is 6.54 Å². The molecule has 5 atom stereocenters. The summed E-state index contributed by atoms with van der Waals surface area (Å²) in [6.45, 7) is 15.3. The van der Waals surface area contributed by atoms with Gasteiger partial charge in [-0.05, 0) is 73.6 Å². The molecule has 1 amide bonds. The lowest BCUT2D eigenvalue weighted by molar-refractivity contribution is -0.289. The number of carbonyl (C=O) groups excluding carboxylic acids is 5. The maximum absolute atomic E-state index is 12.4. The SMILES string of the molecule is CC(=O)OC[C@H]1O[C@@H](Oc2n[nH]c(C(C)C)c2Cc2ccc(/C=C/CCN3CCCC4(CCN(C(=O)CN)CC4)C3)cc2C)[C@H](OC(C)=O)[C@@H](OC(C)=O)[C@@H]1OC(C)=O.Cl.Cl. The molecular formula is C43H63Cl2N5O11. The highest BCUT2D eigenvalue weighted by molar-refractivity contribution is 5.85. The van der Waals surface area contributed by atoms with Crippen LogP contribution in [-0.4, -0.2) is 126 Å². The van der Waals surface area contributed by atoms with Crippen molar-refractivity contribution in [2.24, 2.45) is 11.1 Å². The van der Waals surface area contributed by atoms with Gasteiger partial charge in [-0.25, -0.2) is 0 Å². The zero-order valence-corrected chi connectivity index (χ0v) is 37.9. The number of piperidine rings is 2. The van der Waals surface area contributed by atoms with Gasteiger partial charge >= 0.3 is 23.9 Å². The van der Waals surface area contributed by atoms with Crippen LogP contribution in [0.5, 0.6) is 5.88 Å². The van der Waals surface area contributed by atoms with E-state index in [0.717, 1.165) is 93.8 Å². The van der Waals surface area contributed by atoms with Crippen molar-refractivity contribution < 1.29 is 52.4 Å². The Bertz CT molecular complexity index is 1850. The molecule has 3 aliphatic rings. The van der Waals surface area contributed by atoms with Crippen molar-refractivity contribution in [2.75, 3.05) is 45.9 Å². The van der Waals surface area contributed by atoms with Gasteiger partial charge in [-0.1, -0.05) is 44.2 Å². The number of aromatic amines is 1. The molecule has 0 aliphatic carbocycles. The number of aromatic nitrogens is 2. The molecule has 3 N–H and O–H groups in total. The first-order valence-electron chi connectivity index (χ1n) is 20.6. The van der Waals surface area contributed by atoms with Crippen LogP contribution in [0.1, 0.15) is 108 Å². The smallest absolute Gasteiger partial charge is 0.303 e. The predicted molar refractivity (Wildman–Crippen MR) is 230 cm³/mol. The van der Waals surface area contributed by atoms with E-state index in [1.54, 1.807) is 0 Å². The average Bonchev–Trinajstić information content (AvgIpc) is 3.57. The monoisotopic (exact) mass is 895 g/mol. The van der Waals surface area contributed by atoms with Gasteiger partial charge in [0, 0.05) is 71.6 Å². The van der Waals surface area contributed by atoms with Gasteiger partial charge in [-0.2, -0.15) is 0 Å². The summed E-state index contributed by atoms with van der Waals surface area (Å²) in [7, 11) is 0. The third-order valence-corrected chi connectivity index (χ3v) is 11.4. The number of H-pyrrole nitrogens is 1. The number of esters is 4. The molecule has 5 rings (SSSR count). The number of nitrogens with two attached hydrogens (primary N) is 1. The van der Waals surface area contributed by atoms with E-state index in [4.69, 9.17) is 34.2 Å². The summed E-state index contributed by atoms with van der Waals surface area (Å²) in [5.41, 5.74) is 10.6. The van der Waals surface area contributed by atoms with Crippen LogP contribution in [-0.2, 0) is 54.1 Å². The van der Waals surface area contributed by atoms with E-state index in [0.29, 0.717) is 6.42 Å². The summed E-state index contributed by atoms with van der Waals surface area (Å²) in [4.78, 5) is 65.3. The fraction of sp³-hybridized carbons (Fsp3) is 0.628. The lowest BCUT2D eigenvalue weighted by Crippen LogP contribution is -2.63. The van der Waals surface area contributed by atoms with Crippen molar-refractivity contribution in [2.45, 2.75) is 124 Å². The first-order chi connectivity index (χ1) is 28.1. The highest BCUT2D eigenvalue weighted by atomic mass is 35.5. The Hall–Kier alpha value is -4.22. The van der Waals surface area contributed by atoms with Gasteiger partial charge in [-0.3, -0.25) is 29.1 Å². The highest BCUT2D eigenvalue weighted by Crippen LogP contribution is 2.40. The average molecular weight is 897 g/mol. The van der Waals surface area contributed by atoms with Crippen LogP contribution in [0.15, 0.2) is 24.3 Å². The van der Waals surface area contributed by atoms with Gasteiger partial charge in [-0.15, -0.1) is 29.9 Å². The van der Waals surface area contributed by atoms with Gasteiger partial charge in [0.15, 0.2) is 12.2 Å². The maximum atomic E-state index is 12.4. The van der Waals surface area contributed by atoms with Crippen molar-refractivity contribution in [3.63, 3.8) is 0 Å². The molecule has 18 heteroatoms. The second-order valence-electron chi connectivity index (χ2n) is 16.3. The van der Waals surface area contributed by atoms with Crippen LogP contribution in [0.4, 0.5) is 0 Å². The van der Waals surface area contributed by atoms with Crippen molar-refractivity contribution in [3.05, 3.63) is 52.2 Å². The fourth-order valence-corrected chi connectivity index (χ4v) is 8.46. The lowest BCUT2D eigenvalue weighted by Gasteiger charge is -2.47. The number of likely N-dealkylation sites (tertiary alicyclic amines) is 2. The molecular weight excluding hydrogens is 833 g/mol. The second kappa shape index (κ2) is 23.3. The Balaban J connectivity index is 0.00000496. The van der Waals surface area contributed by atoms with Crippen molar-refractivity contribution in [3.8, 4) is 5.88 Å². The zero-order valence-electron chi connectivity index (χ0n) is 36.3. The number of amides is 1. The summed E-state index contributed by atoms with van der Waals surface area (Å²) in [5, 5.41) is 7.58. The van der Waals surface area contributed by atoms with Crippen LogP contribution in [0, 0.1) is 12.3 Å². The molecule has 3 fully saturated rings. The number of carbonyl (C=O) groups is 5. The highest BCUT2D eigenvalue weighted by Gasteiger charge is 2.54. The first-order valence-corrected chi connectivity index (χ1v) is 20.6. The quantitative estimate of drug-likeness (QED) is 0.182. The molecule has 2 aromatic rings. The number of hydrogen-bond acceptors (Lipinski definition) is 14. The Morgan fingerprint density at radius 2 is 1.59 bits per heavy atom. The minimum absolute atomic E-state index is 0. The van der Waals surface area contributed by atoms with Crippen LogP contribution >= 0.6 is 24.8 Å². The molecule has 0 radical (unpaired) electrons. The number of nitrogens with zero attached hydrogens (tertiary/aromatic N) is 3. The maximum Gasteiger partial charge on any atom is 0.303 e. The molecule has 340 valence electrons. The molecule has 61 heavy (non-hydrogen) atoms. The summed E-state index contributed by atoms with van der Waals surface area (Å²) >= 11 is 0. The third-order valence-electron chi connectivity index (χ3n) is 11.4. The standard InChI is InChI=1S/C43H61N5O11.2ClH/c1-26(2)37-34(41(46-45-37)59-42-40(57-31(7)52)39(56-30(6)51)38(55-29(5)50)35(58-42)24-54-28(4)49)22-33-13-12-32(21-27(33)3)11-8-9-17-47-18-10-14-43(25-47)15-19-48(20-16-43)36(53)23-44;;/h8,11-13,21,26,35,38-40,42H,9-10,14-20,22-25,44H2,1-7H3,(H,45,46);2*1H/b11-8+;;/t35-,38-,39+,40-,42+;;/m1../s1. The number of rotatable bonds is 15. The number of aryl methyl sites for hydroxylation is 1. The third kappa shape index (κ3) is 13.9. The lowest BCUT2D eigenvalue weighted by atomic mass is 9.72. The molecule has 1 aromatic carbocycles. The van der Waals surface area contributed by atoms with Gasteiger partial charge in [0.1, 0.15) is 12.7 Å². The topological polar surface area (TPSA) is 202 Å². The Labute approximate surface area is 370 Å². The first kappa shape index (κ1) is 51.1. The van der Waals surface area contributed by atoms with E-state index in [-0.39, 0.29) is 61.1 Å². The summed E-state index contributed by atoms with van der Waals surface area (Å²) in [6.07, 6.45) is 3.59. The number of halogens is 2. The van der Waals surface area contributed by atoms with E-state index in [1.165, 1.54) is 26.7 Å². The molecule has 0 saturated carbocycles. The van der Waals surface area contributed by atoms with Crippen LogP contribution in [0.3, 0.4) is 0 Å². The summed E-state index contributed by atoms with van der Waals surface area (Å²) in [5.74, 6) is -2.56. The molecule has 1 aromatic heterocycles. The van der Waals surface area contributed by atoms with Gasteiger partial charge < -0.3 is 44.0 Å². The Morgan fingerprint density at radius 1 is 0.934 bits per heavy atom. The van der Waals surface area contributed by atoms with Crippen molar-refractivity contribution in [1.82, 2.24) is 20.0 Å². The van der Waals surface area contributed by atoms with E-state index in [1.807, 2.05) is 18.7 Å². The van der Waals surface area contributed by atoms with E-state index in [2.05, 4.69) is 52.4 Å². The van der Waals surface area contributed by atoms with E-state index in [9.17, 15) is 24.0 Å². The Kier molecular flexibility index (Phi) is 19.5. The van der Waals surface area contributed by atoms with Gasteiger partial charge in [0.25, 0.3) is 0 Å². The molecule has 3 aliphatic heterocycles. The number of benzene rings is 1. The fourth-order valence-electron chi connectivity index (χ4n) is 8.46. The van der Waals surface area contributed by atoms with Crippen molar-refractivity contribution in [1.29, 1.82) is 0 Å². The Morgan fingerprint density at radius 3 is 2.20 bits per heavy atom. The second-order valence-corrected chi connectivity index (χ2v) is 16.3. The molecule has 0 bridgehead atoms. The normalized spacial score (nSPS) is 22.5. The van der Waals surface area contributed by atoms with Crippen LogP contribution in [0.2, 0.25) is 0 Å². The number of ether oxygens (including phenoxy) is 6. The zero-order chi connectivity index (χ0) is 42.9. The molecule has 0 unspecified atom stereocenters. The van der Waals surface area contributed by atoms with E-state index < -0.39 is 54.6 Å². The van der Waals surface area contributed by atoms with Crippen LogP contribution in [0.25, 0.3) is 6.08 Å². The van der Waals surface area contributed by atoms with Crippen molar-refractivity contribution >= 4 is 60.7 Å². The number of nitrogens with one attached hydrogen (secondary N) is 1. The minimum Gasteiger partial charge on any atom is -0.463 e. The summed E-state index contributed by atoms with van der Waals surface area (Å²) in [6, 6.07) is 6.31. The van der Waals surface area contributed by atoms with Crippen LogP contribution < -0.4 is 10.5 Å². The largest absolute Gasteiger partial charge is 0.463 e. The van der Waals surface area contributed by atoms with Gasteiger partial charge in [0.2, 0.25) is 24.2 Å². The molecule has 4 heterocycles. The molecule has 1 spiro atoms. The van der Waals surface area contributed by atoms with E-state index >= 15 is 0 Å². The molecule has 3 saturated heterocycles. The summed E-state index contributed by atoms with van der Waals surface area (Å²) < 4.78 is 34.5. The molecule has 16 nitrogen and oxygen atoms in total. The predicted octanol–water partition coefficient (Wildman–Crippen LogP) is 4.80. The minimum atomic E-state index is -1.42. The number of hydrogen-bond donors (Lipinski definition) is 2.